The Hall–Kier alpha value is -1.89. The quantitative estimate of drug-likeness (QED) is 0.103. The van der Waals surface area contributed by atoms with Crippen LogP contribution < -0.4 is 27.4 Å². The summed E-state index contributed by atoms with van der Waals surface area (Å²) < 4.78 is 0. The van der Waals surface area contributed by atoms with Crippen LogP contribution in [-0.4, -0.2) is 77.0 Å². The number of carbonyl (C=O) groups excluding carboxylic acids is 3. The van der Waals surface area contributed by atoms with E-state index in [1.54, 1.807) is 0 Å². The number of aliphatic carboxylic acids is 1. The summed E-state index contributed by atoms with van der Waals surface area (Å²) >= 11 is 4.08. The standard InChI is InChI=1S/C18H35N5O6S/c1-10(2)7-12(16(26)22-13(8-24)18(28)29)21-17(27)14(9-30)23-15(25)11(20)5-3-4-6-19/h10-14,24,30H,3-9,19-20H2,1-2H3,(H,21,27)(H,22,26)(H,23,25)(H,28,29). The Kier molecular flexibility index (Phi) is 14.0. The van der Waals surface area contributed by atoms with E-state index in [0.29, 0.717) is 19.4 Å². The van der Waals surface area contributed by atoms with Crippen molar-refractivity contribution in [1.29, 1.82) is 0 Å². The van der Waals surface area contributed by atoms with E-state index in [0.717, 1.165) is 6.42 Å². The van der Waals surface area contributed by atoms with Crippen molar-refractivity contribution in [2.75, 3.05) is 18.9 Å². The zero-order valence-electron chi connectivity index (χ0n) is 17.5. The van der Waals surface area contributed by atoms with E-state index in [1.165, 1.54) is 0 Å². The molecule has 4 atom stereocenters. The molecule has 0 heterocycles. The van der Waals surface area contributed by atoms with Gasteiger partial charge in [0.15, 0.2) is 0 Å². The Morgan fingerprint density at radius 1 is 0.933 bits per heavy atom. The second-order valence-electron chi connectivity index (χ2n) is 7.41. The molecule has 0 aliphatic heterocycles. The number of aliphatic hydroxyl groups excluding tert-OH is 1. The number of amides is 3. The number of hydrogen-bond acceptors (Lipinski definition) is 8. The van der Waals surface area contributed by atoms with Gasteiger partial charge >= 0.3 is 5.97 Å². The molecule has 0 aromatic heterocycles. The summed E-state index contributed by atoms with van der Waals surface area (Å²) in [5.74, 6) is -3.34. The Bertz CT molecular complexity index is 577. The van der Waals surface area contributed by atoms with Crippen LogP contribution in [0.2, 0.25) is 0 Å². The number of aliphatic hydroxyl groups is 1. The molecule has 0 fully saturated rings. The molecule has 0 spiro atoms. The van der Waals surface area contributed by atoms with Gasteiger partial charge in [-0.05, 0) is 31.7 Å². The van der Waals surface area contributed by atoms with Gasteiger partial charge in [0, 0.05) is 5.75 Å². The molecule has 174 valence electrons. The minimum absolute atomic E-state index is 0.00142. The highest BCUT2D eigenvalue weighted by Crippen LogP contribution is 2.07. The van der Waals surface area contributed by atoms with Crippen LogP contribution in [-0.2, 0) is 19.2 Å². The normalized spacial score (nSPS) is 15.0. The lowest BCUT2D eigenvalue weighted by molar-refractivity contribution is -0.143. The third-order valence-electron chi connectivity index (χ3n) is 4.26. The summed E-state index contributed by atoms with van der Waals surface area (Å²) in [4.78, 5) is 48.3. The third-order valence-corrected chi connectivity index (χ3v) is 4.62. The highest BCUT2D eigenvalue weighted by molar-refractivity contribution is 7.80. The van der Waals surface area contributed by atoms with Crippen molar-refractivity contribution in [3.8, 4) is 0 Å². The van der Waals surface area contributed by atoms with Gasteiger partial charge in [0.2, 0.25) is 17.7 Å². The van der Waals surface area contributed by atoms with E-state index in [9.17, 15) is 19.2 Å². The number of carboxylic acids is 1. The lowest BCUT2D eigenvalue weighted by Crippen LogP contribution is -2.58. The number of unbranched alkanes of at least 4 members (excludes halogenated alkanes) is 1. The molecule has 0 aliphatic rings. The van der Waals surface area contributed by atoms with E-state index in [1.807, 2.05) is 13.8 Å². The zero-order valence-corrected chi connectivity index (χ0v) is 18.4. The molecule has 12 heteroatoms. The lowest BCUT2D eigenvalue weighted by Gasteiger charge is -2.25. The van der Waals surface area contributed by atoms with Crippen LogP contribution in [0.25, 0.3) is 0 Å². The summed E-state index contributed by atoms with van der Waals surface area (Å²) in [5.41, 5.74) is 11.2. The van der Waals surface area contributed by atoms with Crippen LogP contribution >= 0.6 is 12.6 Å². The topological polar surface area (TPSA) is 197 Å². The van der Waals surface area contributed by atoms with Gasteiger partial charge in [-0.3, -0.25) is 14.4 Å². The maximum Gasteiger partial charge on any atom is 0.328 e. The molecule has 0 rings (SSSR count). The molecular formula is C18H35N5O6S. The molecule has 3 amide bonds. The van der Waals surface area contributed by atoms with Crippen LogP contribution in [0.1, 0.15) is 39.5 Å². The van der Waals surface area contributed by atoms with E-state index < -0.39 is 54.5 Å². The van der Waals surface area contributed by atoms with Crippen molar-refractivity contribution in [3.05, 3.63) is 0 Å². The summed E-state index contributed by atoms with van der Waals surface area (Å²) in [6, 6.07) is -4.38. The molecule has 11 nitrogen and oxygen atoms in total. The van der Waals surface area contributed by atoms with Crippen LogP contribution in [0, 0.1) is 5.92 Å². The van der Waals surface area contributed by atoms with Gasteiger partial charge in [-0.15, -0.1) is 0 Å². The molecule has 30 heavy (non-hydrogen) atoms. The monoisotopic (exact) mass is 449 g/mol. The number of rotatable bonds is 15. The SMILES string of the molecule is CC(C)CC(NC(=O)C(CS)NC(=O)C(N)CCCCN)C(=O)NC(CO)C(=O)O. The Labute approximate surface area is 182 Å². The fraction of sp³-hybridized carbons (Fsp3) is 0.778. The zero-order chi connectivity index (χ0) is 23.3. The first-order chi connectivity index (χ1) is 14.1. The number of nitrogens with two attached hydrogens (primary N) is 2. The molecule has 9 N–H and O–H groups in total. The van der Waals surface area contributed by atoms with E-state index in [-0.39, 0.29) is 18.1 Å². The molecule has 0 saturated heterocycles. The maximum absolute atomic E-state index is 12.6. The maximum atomic E-state index is 12.6. The first-order valence-electron chi connectivity index (χ1n) is 9.88. The van der Waals surface area contributed by atoms with Gasteiger partial charge in [0.05, 0.1) is 12.6 Å². The summed E-state index contributed by atoms with van der Waals surface area (Å²) in [5, 5.41) is 25.3. The molecule has 4 unspecified atom stereocenters. The number of nitrogens with one attached hydrogen (secondary N) is 3. The van der Waals surface area contributed by atoms with Crippen LogP contribution in [0.3, 0.4) is 0 Å². The van der Waals surface area contributed by atoms with E-state index >= 15 is 0 Å². The van der Waals surface area contributed by atoms with Crippen molar-refractivity contribution in [3.63, 3.8) is 0 Å². The second kappa shape index (κ2) is 15.0. The minimum Gasteiger partial charge on any atom is -0.480 e. The average Bonchev–Trinajstić information content (AvgIpc) is 2.68. The first kappa shape index (κ1) is 28.1. The van der Waals surface area contributed by atoms with Gasteiger partial charge in [0.25, 0.3) is 0 Å². The Morgan fingerprint density at radius 3 is 1.93 bits per heavy atom. The first-order valence-corrected chi connectivity index (χ1v) is 10.5. The van der Waals surface area contributed by atoms with Crippen LogP contribution in [0.4, 0.5) is 0 Å². The highest BCUT2D eigenvalue weighted by atomic mass is 32.1. The largest absolute Gasteiger partial charge is 0.480 e. The molecular weight excluding hydrogens is 414 g/mol. The second-order valence-corrected chi connectivity index (χ2v) is 7.77. The smallest absolute Gasteiger partial charge is 0.328 e. The molecule has 0 aliphatic carbocycles. The number of carboxylic acid groups (broad SMARTS) is 1. The number of hydrogen-bond donors (Lipinski definition) is 8. The van der Waals surface area contributed by atoms with Crippen molar-refractivity contribution in [1.82, 2.24) is 16.0 Å². The molecule has 0 radical (unpaired) electrons. The van der Waals surface area contributed by atoms with Crippen molar-refractivity contribution < 1.29 is 29.4 Å². The lowest BCUT2D eigenvalue weighted by atomic mass is 10.0. The molecule has 0 aromatic rings. The predicted octanol–water partition coefficient (Wildman–Crippen LogP) is -2.05. The molecule has 0 bridgehead atoms. The van der Waals surface area contributed by atoms with Gasteiger partial charge in [-0.2, -0.15) is 12.6 Å². The average molecular weight is 450 g/mol. The van der Waals surface area contributed by atoms with E-state index in [2.05, 4.69) is 28.6 Å². The van der Waals surface area contributed by atoms with Crippen LogP contribution in [0.15, 0.2) is 0 Å². The highest BCUT2D eigenvalue weighted by Gasteiger charge is 2.30. The van der Waals surface area contributed by atoms with E-state index in [4.69, 9.17) is 21.7 Å². The van der Waals surface area contributed by atoms with Gasteiger partial charge in [-0.1, -0.05) is 20.3 Å². The van der Waals surface area contributed by atoms with Gasteiger partial charge < -0.3 is 37.6 Å². The van der Waals surface area contributed by atoms with Crippen molar-refractivity contribution in [2.24, 2.45) is 17.4 Å². The van der Waals surface area contributed by atoms with Gasteiger partial charge in [0.1, 0.15) is 18.1 Å². The predicted molar refractivity (Wildman–Crippen MR) is 115 cm³/mol. The van der Waals surface area contributed by atoms with Crippen molar-refractivity contribution >= 4 is 36.3 Å². The molecule has 0 aromatic carbocycles. The summed E-state index contributed by atoms with van der Waals surface area (Å²) in [6.45, 7) is 3.35. The van der Waals surface area contributed by atoms with Crippen molar-refractivity contribution in [2.45, 2.75) is 63.7 Å². The summed E-state index contributed by atoms with van der Waals surface area (Å²) in [7, 11) is 0. The van der Waals surface area contributed by atoms with Crippen LogP contribution in [0.5, 0.6) is 0 Å². The Morgan fingerprint density at radius 2 is 1.47 bits per heavy atom. The number of thiol groups is 1. The molecule has 0 saturated carbocycles. The minimum atomic E-state index is -1.49. The fourth-order valence-electron chi connectivity index (χ4n) is 2.55. The van der Waals surface area contributed by atoms with Gasteiger partial charge in [-0.25, -0.2) is 4.79 Å². The number of carbonyl (C=O) groups is 4. The Balaban J connectivity index is 5.06. The summed E-state index contributed by atoms with van der Waals surface area (Å²) in [6.07, 6.45) is 2.05. The third kappa shape index (κ3) is 10.8. The fourth-order valence-corrected chi connectivity index (χ4v) is 2.80.